The van der Waals surface area contributed by atoms with Crippen molar-refractivity contribution in [3.05, 3.63) is 27.2 Å². The van der Waals surface area contributed by atoms with Gasteiger partial charge in [0.1, 0.15) is 10.8 Å². The van der Waals surface area contributed by atoms with Gasteiger partial charge in [0.15, 0.2) is 11.5 Å². The molecule has 0 heterocycles. The smallest absolute Gasteiger partial charge is 0.300 e. The second-order valence-corrected chi connectivity index (χ2v) is 7.03. The van der Waals surface area contributed by atoms with Crippen LogP contribution in [0, 0.1) is 5.41 Å². The van der Waals surface area contributed by atoms with Crippen molar-refractivity contribution in [1.82, 2.24) is 0 Å². The topological polar surface area (TPSA) is 69.7 Å². The minimum absolute atomic E-state index is 0.0242. The number of carbonyl (C=O) groups excluding carboxylic acids is 3. The Kier molecular flexibility index (Phi) is 6.12. The quantitative estimate of drug-likeness (QED) is 0.499. The third-order valence-corrected chi connectivity index (χ3v) is 5.49. The summed E-state index contributed by atoms with van der Waals surface area (Å²) in [5.74, 6) is -0.516. The Balaban J connectivity index is 2.37. The average Bonchev–Trinajstić information content (AvgIpc) is 2.87. The number of halogens is 2. The van der Waals surface area contributed by atoms with Gasteiger partial charge in [-0.05, 0) is 37.8 Å². The summed E-state index contributed by atoms with van der Waals surface area (Å²) in [5, 5.41) is 0.112. The number of hydrogen-bond donors (Lipinski definition) is 0. The Hall–Kier alpha value is -1.59. The lowest BCUT2D eigenvalue weighted by molar-refractivity contribution is -0.213. The second-order valence-electron chi connectivity index (χ2n) is 6.27. The van der Waals surface area contributed by atoms with Crippen LogP contribution in [0.1, 0.15) is 62.4 Å². The van der Waals surface area contributed by atoms with E-state index in [2.05, 4.69) is 4.89 Å². The van der Waals surface area contributed by atoms with E-state index in [9.17, 15) is 14.4 Å². The van der Waals surface area contributed by atoms with E-state index in [1.54, 1.807) is 13.0 Å². The molecule has 2 rings (SSSR count). The van der Waals surface area contributed by atoms with Gasteiger partial charge in [-0.3, -0.25) is 14.6 Å². The van der Waals surface area contributed by atoms with Gasteiger partial charge in [-0.1, -0.05) is 37.0 Å². The minimum Gasteiger partial charge on any atom is -0.300 e. The average molecular weight is 387 g/mol. The second kappa shape index (κ2) is 7.75. The summed E-state index contributed by atoms with van der Waals surface area (Å²) < 4.78 is 0. The van der Waals surface area contributed by atoms with Gasteiger partial charge in [0.2, 0.25) is 0 Å². The van der Waals surface area contributed by atoms with Crippen LogP contribution in [0.3, 0.4) is 0 Å². The molecule has 0 N–H and O–H groups in total. The first-order chi connectivity index (χ1) is 11.8. The molecule has 0 radical (unpaired) electrons. The first kappa shape index (κ1) is 19.7. The largest absolute Gasteiger partial charge is 0.355 e. The fraction of sp³-hybridized carbons (Fsp3) is 0.500. The van der Waals surface area contributed by atoms with Gasteiger partial charge in [0.05, 0.1) is 5.02 Å². The lowest BCUT2D eigenvalue weighted by atomic mass is 9.76. The van der Waals surface area contributed by atoms with E-state index < -0.39 is 11.4 Å². The highest BCUT2D eigenvalue weighted by atomic mass is 35.5. The summed E-state index contributed by atoms with van der Waals surface area (Å²) >= 11 is 12.5. The molecule has 0 bridgehead atoms. The molecule has 1 aliphatic carbocycles. The number of hydrogen-bond acceptors (Lipinski definition) is 5. The van der Waals surface area contributed by atoms with Crippen LogP contribution in [0.2, 0.25) is 10.0 Å². The highest BCUT2D eigenvalue weighted by Crippen LogP contribution is 2.49. The minimum atomic E-state index is -0.667. The summed E-state index contributed by atoms with van der Waals surface area (Å²) in [7, 11) is 0. The summed E-state index contributed by atoms with van der Waals surface area (Å²) in [6, 6.07) is 1.58. The third kappa shape index (κ3) is 3.82. The SMILES string of the molecule is CCC(=O)OOc1cc2c(c(Cl)c1Cl)C(=O)C(CC)(CCC(C)=O)C2. The molecule has 0 saturated carbocycles. The number of benzene rings is 1. The number of Topliss-reactive ketones (excluding diaryl/α,β-unsaturated/α-hetero) is 2. The number of carbonyl (C=O) groups is 3. The van der Waals surface area contributed by atoms with E-state index >= 15 is 0 Å². The summed E-state index contributed by atoms with van der Waals surface area (Å²) in [5.41, 5.74) is 0.387. The molecule has 5 nitrogen and oxygen atoms in total. The molecule has 1 unspecified atom stereocenters. The van der Waals surface area contributed by atoms with Gasteiger partial charge in [0, 0.05) is 23.8 Å². The maximum atomic E-state index is 13.0. The lowest BCUT2D eigenvalue weighted by Crippen LogP contribution is -2.28. The van der Waals surface area contributed by atoms with Crippen molar-refractivity contribution in [2.24, 2.45) is 5.41 Å². The molecule has 136 valence electrons. The van der Waals surface area contributed by atoms with Crippen LogP contribution in [0.15, 0.2) is 6.07 Å². The van der Waals surface area contributed by atoms with Crippen LogP contribution in [0.25, 0.3) is 0 Å². The standard InChI is InChI=1S/C18H20Cl2O5/c1-4-13(22)25-24-12-8-11-9-18(5-2,7-6-10(3)21)17(23)14(11)16(20)15(12)19/h8H,4-7,9H2,1-3H3. The molecule has 0 saturated heterocycles. The zero-order valence-corrected chi connectivity index (χ0v) is 15.9. The van der Waals surface area contributed by atoms with Gasteiger partial charge in [-0.25, -0.2) is 4.79 Å². The van der Waals surface area contributed by atoms with Crippen molar-refractivity contribution in [1.29, 1.82) is 0 Å². The number of ketones is 2. The van der Waals surface area contributed by atoms with Crippen molar-refractivity contribution < 1.29 is 24.2 Å². The molecule has 0 aliphatic heterocycles. The van der Waals surface area contributed by atoms with E-state index in [-0.39, 0.29) is 33.8 Å². The molecule has 0 aromatic heterocycles. The van der Waals surface area contributed by atoms with Crippen LogP contribution >= 0.6 is 23.2 Å². The molecule has 1 atom stereocenters. The van der Waals surface area contributed by atoms with E-state index in [1.807, 2.05) is 6.92 Å². The van der Waals surface area contributed by atoms with Crippen LogP contribution in [0.4, 0.5) is 0 Å². The zero-order chi connectivity index (χ0) is 18.8. The molecule has 1 aromatic rings. The Morgan fingerprint density at radius 1 is 1.24 bits per heavy atom. The van der Waals surface area contributed by atoms with Crippen molar-refractivity contribution in [3.63, 3.8) is 0 Å². The predicted molar refractivity (Wildman–Crippen MR) is 94.1 cm³/mol. The van der Waals surface area contributed by atoms with Crippen molar-refractivity contribution in [3.8, 4) is 5.75 Å². The zero-order valence-electron chi connectivity index (χ0n) is 14.4. The first-order valence-corrected chi connectivity index (χ1v) is 8.93. The first-order valence-electron chi connectivity index (χ1n) is 8.18. The molecule has 0 fully saturated rings. The molecular weight excluding hydrogens is 367 g/mol. The van der Waals surface area contributed by atoms with Crippen LogP contribution in [0.5, 0.6) is 5.75 Å². The third-order valence-electron chi connectivity index (χ3n) is 4.64. The summed E-state index contributed by atoms with van der Waals surface area (Å²) in [6.07, 6.45) is 1.97. The predicted octanol–water partition coefficient (Wildman–Crippen LogP) is 4.74. The monoisotopic (exact) mass is 386 g/mol. The summed E-state index contributed by atoms with van der Waals surface area (Å²) in [4.78, 5) is 45.2. The Bertz CT molecular complexity index is 729. The highest BCUT2D eigenvalue weighted by molar-refractivity contribution is 6.45. The van der Waals surface area contributed by atoms with Gasteiger partial charge >= 0.3 is 5.97 Å². The maximum absolute atomic E-state index is 13.0. The molecule has 0 spiro atoms. The van der Waals surface area contributed by atoms with E-state index in [0.29, 0.717) is 36.8 Å². The van der Waals surface area contributed by atoms with Crippen LogP contribution in [-0.4, -0.2) is 17.5 Å². The Labute approximate surface area is 156 Å². The van der Waals surface area contributed by atoms with E-state index in [1.165, 1.54) is 6.92 Å². The fourth-order valence-corrected chi connectivity index (χ4v) is 3.52. The molecule has 1 aromatic carbocycles. The lowest BCUT2D eigenvalue weighted by Gasteiger charge is -2.25. The number of rotatable bonds is 7. The normalized spacial score (nSPS) is 18.8. The van der Waals surface area contributed by atoms with Crippen molar-refractivity contribution in [2.75, 3.05) is 0 Å². The van der Waals surface area contributed by atoms with E-state index in [0.717, 1.165) is 0 Å². The molecule has 1 aliphatic rings. The van der Waals surface area contributed by atoms with Gasteiger partial charge in [0.25, 0.3) is 0 Å². The van der Waals surface area contributed by atoms with Gasteiger partial charge < -0.3 is 4.79 Å². The maximum Gasteiger partial charge on any atom is 0.355 e. The van der Waals surface area contributed by atoms with Gasteiger partial charge in [-0.15, -0.1) is 0 Å². The fourth-order valence-electron chi connectivity index (χ4n) is 3.04. The molecular formula is C18H20Cl2O5. The molecule has 7 heteroatoms. The van der Waals surface area contributed by atoms with Crippen LogP contribution in [-0.2, 0) is 20.9 Å². The highest BCUT2D eigenvalue weighted by Gasteiger charge is 2.46. The van der Waals surface area contributed by atoms with Gasteiger partial charge in [-0.2, -0.15) is 0 Å². The van der Waals surface area contributed by atoms with Crippen LogP contribution < -0.4 is 4.89 Å². The van der Waals surface area contributed by atoms with Crippen molar-refractivity contribution >= 4 is 40.7 Å². The van der Waals surface area contributed by atoms with E-state index in [4.69, 9.17) is 28.1 Å². The molecule has 0 amide bonds. The summed E-state index contributed by atoms with van der Waals surface area (Å²) in [6.45, 7) is 5.06. The Morgan fingerprint density at radius 3 is 2.48 bits per heavy atom. The Morgan fingerprint density at radius 2 is 1.92 bits per heavy atom. The number of fused-ring (bicyclic) bond motifs is 1. The molecule has 25 heavy (non-hydrogen) atoms. The van der Waals surface area contributed by atoms with Crippen molar-refractivity contribution in [2.45, 2.75) is 52.9 Å².